The molecule has 1 saturated carbocycles. The van der Waals surface area contributed by atoms with Crippen LogP contribution in [0.15, 0.2) is 30.3 Å². The molecule has 0 spiro atoms. The van der Waals surface area contributed by atoms with Crippen molar-refractivity contribution in [3.05, 3.63) is 35.9 Å². The lowest BCUT2D eigenvalue weighted by Gasteiger charge is -2.32. The number of ether oxygens (including phenoxy) is 1. The van der Waals surface area contributed by atoms with Gasteiger partial charge in [-0.05, 0) is 31.4 Å². The average molecular weight is 247 g/mol. The van der Waals surface area contributed by atoms with Crippen molar-refractivity contribution >= 4 is 0 Å². The van der Waals surface area contributed by atoms with Gasteiger partial charge < -0.3 is 10.1 Å². The van der Waals surface area contributed by atoms with Gasteiger partial charge in [-0.25, -0.2) is 0 Å². The lowest BCUT2D eigenvalue weighted by atomic mass is 9.92. The van der Waals surface area contributed by atoms with Crippen molar-refractivity contribution in [3.8, 4) is 0 Å². The van der Waals surface area contributed by atoms with E-state index in [1.165, 1.54) is 37.7 Å². The monoisotopic (exact) mass is 247 g/mol. The van der Waals surface area contributed by atoms with Crippen LogP contribution in [0.1, 0.15) is 44.6 Å². The molecular weight excluding hydrogens is 222 g/mol. The Balaban J connectivity index is 1.81. The minimum Gasteiger partial charge on any atom is -0.372 e. The van der Waals surface area contributed by atoms with Gasteiger partial charge in [0.2, 0.25) is 0 Å². The first-order chi connectivity index (χ1) is 8.90. The van der Waals surface area contributed by atoms with Gasteiger partial charge in [0.15, 0.2) is 0 Å². The van der Waals surface area contributed by atoms with E-state index in [1.54, 1.807) is 0 Å². The van der Waals surface area contributed by atoms with Crippen LogP contribution in [0.25, 0.3) is 0 Å². The molecule has 0 radical (unpaired) electrons. The zero-order valence-corrected chi connectivity index (χ0v) is 11.4. The Bertz CT molecular complexity index is 325. The summed E-state index contributed by atoms with van der Waals surface area (Å²) in [5.74, 6) is 0. The molecular formula is C16H25NO. The lowest BCUT2D eigenvalue weighted by molar-refractivity contribution is -0.00537. The fourth-order valence-corrected chi connectivity index (χ4v) is 2.64. The molecule has 2 heteroatoms. The Morgan fingerprint density at radius 2 is 1.94 bits per heavy atom. The molecule has 1 aliphatic carbocycles. The summed E-state index contributed by atoms with van der Waals surface area (Å²) in [6.07, 6.45) is 6.71. The van der Waals surface area contributed by atoms with E-state index in [0.717, 1.165) is 13.2 Å². The van der Waals surface area contributed by atoms with E-state index in [4.69, 9.17) is 4.74 Å². The molecule has 0 aromatic heterocycles. The Morgan fingerprint density at radius 1 is 1.17 bits per heavy atom. The number of nitrogens with one attached hydrogen (secondary N) is 1. The second-order valence-corrected chi connectivity index (χ2v) is 5.18. The second kappa shape index (κ2) is 7.55. The zero-order valence-electron chi connectivity index (χ0n) is 11.4. The Kier molecular flexibility index (Phi) is 5.69. The van der Waals surface area contributed by atoms with Gasteiger partial charge in [-0.15, -0.1) is 0 Å². The fraction of sp³-hybridized carbons (Fsp3) is 0.625. The van der Waals surface area contributed by atoms with Crippen molar-refractivity contribution in [1.82, 2.24) is 5.32 Å². The Morgan fingerprint density at radius 3 is 2.72 bits per heavy atom. The van der Waals surface area contributed by atoms with Gasteiger partial charge in [0, 0.05) is 6.04 Å². The van der Waals surface area contributed by atoms with Crippen molar-refractivity contribution < 1.29 is 4.74 Å². The van der Waals surface area contributed by atoms with Crippen molar-refractivity contribution in [2.45, 2.75) is 57.8 Å². The highest BCUT2D eigenvalue weighted by molar-refractivity contribution is 5.13. The zero-order chi connectivity index (χ0) is 12.6. The normalized spacial score (nSPS) is 24.1. The molecule has 0 aliphatic heterocycles. The molecule has 2 rings (SSSR count). The fourth-order valence-electron chi connectivity index (χ4n) is 2.64. The quantitative estimate of drug-likeness (QED) is 0.830. The molecule has 100 valence electrons. The predicted octanol–water partition coefficient (Wildman–Crippen LogP) is 3.51. The van der Waals surface area contributed by atoms with Gasteiger partial charge in [0.05, 0.1) is 12.7 Å². The van der Waals surface area contributed by atoms with Crippen LogP contribution in [0.3, 0.4) is 0 Å². The maximum Gasteiger partial charge on any atom is 0.0732 e. The van der Waals surface area contributed by atoms with Crippen LogP contribution in [0, 0.1) is 0 Å². The summed E-state index contributed by atoms with van der Waals surface area (Å²) in [6, 6.07) is 11.0. The molecule has 18 heavy (non-hydrogen) atoms. The van der Waals surface area contributed by atoms with E-state index in [0.29, 0.717) is 12.1 Å². The molecule has 1 fully saturated rings. The van der Waals surface area contributed by atoms with E-state index >= 15 is 0 Å². The largest absolute Gasteiger partial charge is 0.372 e. The molecule has 2 atom stereocenters. The maximum absolute atomic E-state index is 6.12. The Labute approximate surface area is 111 Å². The van der Waals surface area contributed by atoms with E-state index in [-0.39, 0.29) is 0 Å². The molecule has 2 unspecified atom stereocenters. The molecule has 2 nitrogen and oxygen atoms in total. The van der Waals surface area contributed by atoms with E-state index in [2.05, 4.69) is 42.6 Å². The SMILES string of the molecule is CCCNC1CCCCC1OCc1ccccc1. The Hall–Kier alpha value is -0.860. The molecule has 1 aromatic carbocycles. The topological polar surface area (TPSA) is 21.3 Å². The highest BCUT2D eigenvalue weighted by Crippen LogP contribution is 2.22. The summed E-state index contributed by atoms with van der Waals surface area (Å²) in [6.45, 7) is 4.07. The molecule has 0 amide bonds. The molecule has 1 aliphatic rings. The summed E-state index contributed by atoms with van der Waals surface area (Å²) in [5, 5.41) is 3.63. The average Bonchev–Trinajstić information content (AvgIpc) is 2.45. The van der Waals surface area contributed by atoms with Crippen molar-refractivity contribution in [1.29, 1.82) is 0 Å². The minimum absolute atomic E-state index is 0.394. The van der Waals surface area contributed by atoms with Crippen LogP contribution in [-0.4, -0.2) is 18.7 Å². The third kappa shape index (κ3) is 4.11. The molecule has 0 saturated heterocycles. The van der Waals surface area contributed by atoms with Crippen LogP contribution in [0.2, 0.25) is 0 Å². The molecule has 1 aromatic rings. The van der Waals surface area contributed by atoms with Gasteiger partial charge in [-0.3, -0.25) is 0 Å². The second-order valence-electron chi connectivity index (χ2n) is 5.18. The summed E-state index contributed by atoms with van der Waals surface area (Å²) >= 11 is 0. The predicted molar refractivity (Wildman–Crippen MR) is 75.6 cm³/mol. The lowest BCUT2D eigenvalue weighted by Crippen LogP contribution is -2.43. The van der Waals surface area contributed by atoms with Crippen LogP contribution >= 0.6 is 0 Å². The summed E-state index contributed by atoms with van der Waals surface area (Å²) in [5.41, 5.74) is 1.28. The number of hydrogen-bond acceptors (Lipinski definition) is 2. The van der Waals surface area contributed by atoms with Crippen LogP contribution < -0.4 is 5.32 Å². The van der Waals surface area contributed by atoms with Gasteiger partial charge >= 0.3 is 0 Å². The van der Waals surface area contributed by atoms with Gasteiger partial charge in [-0.2, -0.15) is 0 Å². The van der Waals surface area contributed by atoms with Gasteiger partial charge in [0.25, 0.3) is 0 Å². The van der Waals surface area contributed by atoms with Crippen LogP contribution in [-0.2, 0) is 11.3 Å². The van der Waals surface area contributed by atoms with Crippen LogP contribution in [0.5, 0.6) is 0 Å². The smallest absolute Gasteiger partial charge is 0.0732 e. The van der Waals surface area contributed by atoms with Crippen LogP contribution in [0.4, 0.5) is 0 Å². The first kappa shape index (κ1) is 13.6. The first-order valence-electron chi connectivity index (χ1n) is 7.29. The summed E-state index contributed by atoms with van der Waals surface area (Å²) < 4.78 is 6.12. The summed E-state index contributed by atoms with van der Waals surface area (Å²) in [4.78, 5) is 0. The van der Waals surface area contributed by atoms with Gasteiger partial charge in [0.1, 0.15) is 0 Å². The maximum atomic E-state index is 6.12. The number of hydrogen-bond donors (Lipinski definition) is 1. The van der Waals surface area contributed by atoms with E-state index < -0.39 is 0 Å². The molecule has 1 N–H and O–H groups in total. The van der Waals surface area contributed by atoms with Crippen molar-refractivity contribution in [2.75, 3.05) is 6.54 Å². The highest BCUT2D eigenvalue weighted by atomic mass is 16.5. The number of benzene rings is 1. The molecule has 0 heterocycles. The van der Waals surface area contributed by atoms with E-state index in [9.17, 15) is 0 Å². The standard InChI is InChI=1S/C16H25NO/c1-2-12-17-15-10-6-7-11-16(15)18-13-14-8-4-3-5-9-14/h3-5,8-9,15-17H,2,6-7,10-13H2,1H3. The van der Waals surface area contributed by atoms with Crippen molar-refractivity contribution in [3.63, 3.8) is 0 Å². The third-order valence-electron chi connectivity index (χ3n) is 3.67. The van der Waals surface area contributed by atoms with E-state index in [1.807, 2.05) is 0 Å². The highest BCUT2D eigenvalue weighted by Gasteiger charge is 2.24. The molecule has 0 bridgehead atoms. The summed E-state index contributed by atoms with van der Waals surface area (Å²) in [7, 11) is 0. The van der Waals surface area contributed by atoms with Gasteiger partial charge in [-0.1, -0.05) is 50.1 Å². The minimum atomic E-state index is 0.394. The third-order valence-corrected chi connectivity index (χ3v) is 3.67. The number of rotatable bonds is 6. The first-order valence-corrected chi connectivity index (χ1v) is 7.29. The van der Waals surface area contributed by atoms with Crippen molar-refractivity contribution in [2.24, 2.45) is 0 Å².